The van der Waals surface area contributed by atoms with Crippen LogP contribution < -0.4 is 9.47 Å². The summed E-state index contributed by atoms with van der Waals surface area (Å²) in [4.78, 5) is 0. The number of ether oxygens (including phenoxy) is 2. The van der Waals surface area contributed by atoms with Crippen molar-refractivity contribution in [3.05, 3.63) is 22.7 Å². The molecule has 0 fully saturated rings. The van der Waals surface area contributed by atoms with E-state index in [-0.39, 0.29) is 13.2 Å². The average Bonchev–Trinajstić information content (AvgIpc) is 2.44. The van der Waals surface area contributed by atoms with Gasteiger partial charge in [0.1, 0.15) is 6.61 Å². The first-order valence-electron chi connectivity index (χ1n) is 6.32. The zero-order chi connectivity index (χ0) is 14.5. The topological polar surface area (TPSA) is 58.9 Å². The molecule has 0 saturated heterocycles. The van der Waals surface area contributed by atoms with E-state index in [2.05, 4.69) is 0 Å². The first kappa shape index (κ1) is 16.1. The van der Waals surface area contributed by atoms with Crippen LogP contribution >= 0.6 is 11.6 Å². The Morgan fingerprint density at radius 2 is 1.89 bits per heavy atom. The SMILES string of the molecule is CCC(O)(CC)COc1c(Cl)cc(CO)cc1OC. The highest BCUT2D eigenvalue weighted by Crippen LogP contribution is 2.37. The molecule has 0 atom stereocenters. The van der Waals surface area contributed by atoms with E-state index in [0.717, 1.165) is 0 Å². The number of benzene rings is 1. The van der Waals surface area contributed by atoms with E-state index in [9.17, 15) is 5.11 Å². The molecule has 0 aliphatic carbocycles. The Kier molecular flexibility index (Phi) is 5.91. The highest BCUT2D eigenvalue weighted by molar-refractivity contribution is 6.32. The van der Waals surface area contributed by atoms with Crippen molar-refractivity contribution >= 4 is 11.6 Å². The molecule has 4 nitrogen and oxygen atoms in total. The third-order valence-electron chi connectivity index (χ3n) is 3.27. The Bertz CT molecular complexity index is 416. The van der Waals surface area contributed by atoms with Crippen LogP contribution in [-0.2, 0) is 6.61 Å². The summed E-state index contributed by atoms with van der Waals surface area (Å²) in [6.45, 7) is 3.83. The van der Waals surface area contributed by atoms with Crippen LogP contribution in [0.5, 0.6) is 11.5 Å². The van der Waals surface area contributed by atoms with Crippen LogP contribution in [0.25, 0.3) is 0 Å². The van der Waals surface area contributed by atoms with Gasteiger partial charge in [0.05, 0.1) is 24.3 Å². The molecule has 1 aromatic carbocycles. The van der Waals surface area contributed by atoms with Crippen molar-refractivity contribution in [2.45, 2.75) is 38.9 Å². The van der Waals surface area contributed by atoms with Crippen molar-refractivity contribution < 1.29 is 19.7 Å². The molecule has 108 valence electrons. The molecule has 1 rings (SSSR count). The zero-order valence-corrected chi connectivity index (χ0v) is 12.3. The molecule has 0 amide bonds. The lowest BCUT2D eigenvalue weighted by molar-refractivity contribution is -0.0119. The Labute approximate surface area is 118 Å². The monoisotopic (exact) mass is 288 g/mol. The second-order valence-electron chi connectivity index (χ2n) is 4.49. The van der Waals surface area contributed by atoms with Crippen molar-refractivity contribution in [1.29, 1.82) is 0 Å². The first-order chi connectivity index (χ1) is 8.99. The molecule has 19 heavy (non-hydrogen) atoms. The third kappa shape index (κ3) is 4.00. The van der Waals surface area contributed by atoms with Crippen molar-refractivity contribution in [1.82, 2.24) is 0 Å². The predicted molar refractivity (Wildman–Crippen MR) is 75.0 cm³/mol. The van der Waals surface area contributed by atoms with E-state index in [0.29, 0.717) is 34.9 Å². The number of rotatable bonds is 7. The normalized spacial score (nSPS) is 11.5. The number of hydrogen-bond acceptors (Lipinski definition) is 4. The maximum absolute atomic E-state index is 10.2. The molecule has 0 radical (unpaired) electrons. The summed E-state index contributed by atoms with van der Waals surface area (Å²) in [5.74, 6) is 0.841. The van der Waals surface area contributed by atoms with Gasteiger partial charge in [-0.2, -0.15) is 0 Å². The van der Waals surface area contributed by atoms with Crippen molar-refractivity contribution in [2.75, 3.05) is 13.7 Å². The summed E-state index contributed by atoms with van der Waals surface area (Å²) in [5, 5.41) is 19.7. The Morgan fingerprint density at radius 1 is 1.26 bits per heavy atom. The molecule has 0 aliphatic rings. The van der Waals surface area contributed by atoms with Crippen LogP contribution in [0.2, 0.25) is 5.02 Å². The average molecular weight is 289 g/mol. The standard InChI is InChI=1S/C14H21ClO4/c1-4-14(17,5-2)9-19-13-11(15)6-10(8-16)7-12(13)18-3/h6-7,16-17H,4-5,8-9H2,1-3H3. The van der Waals surface area contributed by atoms with E-state index in [1.807, 2.05) is 13.8 Å². The van der Waals surface area contributed by atoms with Gasteiger partial charge in [0.2, 0.25) is 0 Å². The van der Waals surface area contributed by atoms with Gasteiger partial charge in [-0.25, -0.2) is 0 Å². The summed E-state index contributed by atoms with van der Waals surface area (Å²) in [5.41, 5.74) is -0.222. The lowest BCUT2D eigenvalue weighted by Gasteiger charge is -2.26. The van der Waals surface area contributed by atoms with Crippen molar-refractivity contribution in [3.63, 3.8) is 0 Å². The minimum absolute atomic E-state index is 0.121. The lowest BCUT2D eigenvalue weighted by atomic mass is 9.99. The van der Waals surface area contributed by atoms with Crippen LogP contribution in [0.3, 0.4) is 0 Å². The fourth-order valence-electron chi connectivity index (χ4n) is 1.67. The van der Waals surface area contributed by atoms with Crippen molar-refractivity contribution in [3.8, 4) is 11.5 Å². The summed E-state index contributed by atoms with van der Waals surface area (Å²) in [7, 11) is 1.51. The number of halogens is 1. The second kappa shape index (κ2) is 6.98. The van der Waals surface area contributed by atoms with E-state index >= 15 is 0 Å². The van der Waals surface area contributed by atoms with Crippen LogP contribution in [0.15, 0.2) is 12.1 Å². The summed E-state index contributed by atoms with van der Waals surface area (Å²) in [6, 6.07) is 3.29. The first-order valence-corrected chi connectivity index (χ1v) is 6.70. The van der Waals surface area contributed by atoms with E-state index in [1.54, 1.807) is 12.1 Å². The fraction of sp³-hybridized carbons (Fsp3) is 0.571. The van der Waals surface area contributed by atoms with Gasteiger partial charge in [0, 0.05) is 0 Å². The minimum atomic E-state index is -0.871. The van der Waals surface area contributed by atoms with Gasteiger partial charge in [-0.05, 0) is 30.5 Å². The Morgan fingerprint density at radius 3 is 2.37 bits per heavy atom. The van der Waals surface area contributed by atoms with E-state index < -0.39 is 5.60 Å². The molecule has 5 heteroatoms. The van der Waals surface area contributed by atoms with Gasteiger partial charge in [-0.15, -0.1) is 0 Å². The van der Waals surface area contributed by atoms with Gasteiger partial charge >= 0.3 is 0 Å². The largest absolute Gasteiger partial charge is 0.493 e. The van der Waals surface area contributed by atoms with Crippen LogP contribution in [0, 0.1) is 0 Å². The minimum Gasteiger partial charge on any atom is -0.493 e. The van der Waals surface area contributed by atoms with E-state index in [1.165, 1.54) is 7.11 Å². The molecular weight excluding hydrogens is 268 g/mol. The quantitative estimate of drug-likeness (QED) is 0.810. The number of aliphatic hydroxyl groups is 2. The smallest absolute Gasteiger partial charge is 0.179 e. The van der Waals surface area contributed by atoms with Gasteiger partial charge < -0.3 is 19.7 Å². The maximum atomic E-state index is 10.2. The summed E-state index contributed by atoms with van der Waals surface area (Å²) < 4.78 is 10.8. The van der Waals surface area contributed by atoms with Crippen LogP contribution in [0.4, 0.5) is 0 Å². The molecular formula is C14H21ClO4. The van der Waals surface area contributed by atoms with Crippen LogP contribution in [0.1, 0.15) is 32.3 Å². The second-order valence-corrected chi connectivity index (χ2v) is 4.89. The number of aliphatic hydroxyl groups excluding tert-OH is 1. The molecule has 0 aliphatic heterocycles. The van der Waals surface area contributed by atoms with Gasteiger partial charge in [0.25, 0.3) is 0 Å². The number of methoxy groups -OCH3 is 1. The van der Waals surface area contributed by atoms with Gasteiger partial charge in [0.15, 0.2) is 11.5 Å². The maximum Gasteiger partial charge on any atom is 0.179 e. The molecule has 1 aromatic rings. The Balaban J connectivity index is 2.94. The predicted octanol–water partition coefficient (Wildman–Crippen LogP) is 2.77. The fourth-order valence-corrected chi connectivity index (χ4v) is 1.95. The molecule has 2 N–H and O–H groups in total. The molecule has 0 heterocycles. The summed E-state index contributed by atoms with van der Waals surface area (Å²) in [6.07, 6.45) is 1.19. The van der Waals surface area contributed by atoms with Gasteiger partial charge in [-0.1, -0.05) is 25.4 Å². The zero-order valence-electron chi connectivity index (χ0n) is 11.6. The molecule has 0 unspecified atom stereocenters. The van der Waals surface area contributed by atoms with Crippen LogP contribution in [-0.4, -0.2) is 29.5 Å². The molecule has 0 spiro atoms. The highest BCUT2D eigenvalue weighted by atomic mass is 35.5. The third-order valence-corrected chi connectivity index (χ3v) is 3.55. The van der Waals surface area contributed by atoms with Gasteiger partial charge in [-0.3, -0.25) is 0 Å². The highest BCUT2D eigenvalue weighted by Gasteiger charge is 2.24. The van der Waals surface area contributed by atoms with E-state index in [4.69, 9.17) is 26.2 Å². The molecule has 0 aromatic heterocycles. The molecule has 0 bridgehead atoms. The molecule has 0 saturated carbocycles. The lowest BCUT2D eigenvalue weighted by Crippen LogP contribution is -2.34. The Hall–Kier alpha value is -0.970. The number of hydrogen-bond donors (Lipinski definition) is 2. The summed E-state index contributed by atoms with van der Waals surface area (Å²) >= 11 is 6.11. The van der Waals surface area contributed by atoms with Crippen molar-refractivity contribution in [2.24, 2.45) is 0 Å².